The second-order valence-corrected chi connectivity index (χ2v) is 6.85. The Morgan fingerprint density at radius 2 is 1.68 bits per heavy atom. The van der Waals surface area contributed by atoms with Crippen molar-refractivity contribution in [1.29, 1.82) is 0 Å². The summed E-state index contributed by atoms with van der Waals surface area (Å²) < 4.78 is 6.13. The number of hydrogen-bond donors (Lipinski definition) is 0. The van der Waals surface area contributed by atoms with Gasteiger partial charge in [0, 0.05) is 13.0 Å². The van der Waals surface area contributed by atoms with Crippen molar-refractivity contribution in [3.63, 3.8) is 0 Å². The van der Waals surface area contributed by atoms with Gasteiger partial charge in [0.2, 0.25) is 0 Å². The Kier molecular flexibility index (Phi) is 12.3. The van der Waals surface area contributed by atoms with Crippen LogP contribution in [0.25, 0.3) is 0 Å². The second kappa shape index (κ2) is 14.0. The summed E-state index contributed by atoms with van der Waals surface area (Å²) in [6.07, 6.45) is 8.16. The fourth-order valence-corrected chi connectivity index (χ4v) is 3.00. The standard InChI is InChI=1S/C22H37NO2/c1-4-7-14-22(15-8-5-2)25-17-16-23(6-3)19-21(24)18-20-12-10-9-11-13-20/h9-13,22H,4-8,14-19H2,1-3H3. The van der Waals surface area contributed by atoms with Crippen molar-refractivity contribution in [1.82, 2.24) is 4.90 Å². The molecular weight excluding hydrogens is 310 g/mol. The summed E-state index contributed by atoms with van der Waals surface area (Å²) in [5.41, 5.74) is 1.10. The number of likely N-dealkylation sites (N-methyl/N-ethyl adjacent to an activating group) is 1. The summed E-state index contributed by atoms with van der Waals surface area (Å²) in [5, 5.41) is 0. The molecule has 0 saturated carbocycles. The molecule has 0 aliphatic heterocycles. The maximum Gasteiger partial charge on any atom is 0.151 e. The quantitative estimate of drug-likeness (QED) is 0.452. The average molecular weight is 348 g/mol. The number of ketones is 1. The van der Waals surface area contributed by atoms with Crippen molar-refractivity contribution >= 4 is 5.78 Å². The van der Waals surface area contributed by atoms with Gasteiger partial charge in [-0.05, 0) is 24.9 Å². The molecule has 0 bridgehead atoms. The fourth-order valence-electron chi connectivity index (χ4n) is 3.00. The van der Waals surface area contributed by atoms with Crippen molar-refractivity contribution in [2.45, 2.75) is 71.8 Å². The average Bonchev–Trinajstić information content (AvgIpc) is 2.63. The van der Waals surface area contributed by atoms with E-state index >= 15 is 0 Å². The van der Waals surface area contributed by atoms with Crippen LogP contribution in [0.15, 0.2) is 30.3 Å². The van der Waals surface area contributed by atoms with Crippen LogP contribution in [0.2, 0.25) is 0 Å². The van der Waals surface area contributed by atoms with E-state index < -0.39 is 0 Å². The smallest absolute Gasteiger partial charge is 0.151 e. The molecule has 0 N–H and O–H groups in total. The monoisotopic (exact) mass is 347 g/mol. The minimum atomic E-state index is 0.279. The van der Waals surface area contributed by atoms with E-state index in [-0.39, 0.29) is 5.78 Å². The van der Waals surface area contributed by atoms with Crippen LogP contribution in [0, 0.1) is 0 Å². The molecular formula is C22H37NO2. The van der Waals surface area contributed by atoms with Crippen molar-refractivity contribution < 1.29 is 9.53 Å². The molecule has 25 heavy (non-hydrogen) atoms. The van der Waals surface area contributed by atoms with Crippen LogP contribution < -0.4 is 0 Å². The van der Waals surface area contributed by atoms with Crippen LogP contribution in [0.5, 0.6) is 0 Å². The number of ether oxygens (including phenoxy) is 1. The highest BCUT2D eigenvalue weighted by molar-refractivity contribution is 5.82. The Labute approximate surface area is 154 Å². The SMILES string of the molecule is CCCCC(CCCC)OCCN(CC)CC(=O)Cc1ccccc1. The van der Waals surface area contributed by atoms with Crippen LogP contribution in [-0.2, 0) is 16.0 Å². The number of carbonyl (C=O) groups is 1. The largest absolute Gasteiger partial charge is 0.377 e. The lowest BCUT2D eigenvalue weighted by Crippen LogP contribution is -2.34. The topological polar surface area (TPSA) is 29.5 Å². The van der Waals surface area contributed by atoms with Crippen molar-refractivity contribution in [2.75, 3.05) is 26.2 Å². The van der Waals surface area contributed by atoms with E-state index in [1.54, 1.807) is 0 Å². The fraction of sp³-hybridized carbons (Fsp3) is 0.682. The number of rotatable bonds is 15. The van der Waals surface area contributed by atoms with Gasteiger partial charge in [-0.25, -0.2) is 0 Å². The van der Waals surface area contributed by atoms with Gasteiger partial charge in [-0.2, -0.15) is 0 Å². The van der Waals surface area contributed by atoms with E-state index in [1.165, 1.54) is 25.7 Å². The summed E-state index contributed by atoms with van der Waals surface area (Å²) in [4.78, 5) is 14.5. The van der Waals surface area contributed by atoms with Crippen molar-refractivity contribution in [3.05, 3.63) is 35.9 Å². The van der Waals surface area contributed by atoms with E-state index in [9.17, 15) is 4.79 Å². The van der Waals surface area contributed by atoms with Crippen molar-refractivity contribution in [2.24, 2.45) is 0 Å². The van der Waals surface area contributed by atoms with Gasteiger partial charge in [-0.3, -0.25) is 9.69 Å². The number of benzene rings is 1. The first-order valence-corrected chi connectivity index (χ1v) is 10.1. The van der Waals surface area contributed by atoms with E-state index in [2.05, 4.69) is 25.7 Å². The molecule has 0 radical (unpaired) electrons. The molecule has 0 heterocycles. The Hall–Kier alpha value is -1.19. The summed E-state index contributed by atoms with van der Waals surface area (Å²) in [6, 6.07) is 9.99. The maximum atomic E-state index is 12.3. The number of carbonyl (C=O) groups excluding carboxylic acids is 1. The lowest BCUT2D eigenvalue weighted by molar-refractivity contribution is -0.119. The maximum absolute atomic E-state index is 12.3. The van der Waals surface area contributed by atoms with E-state index in [0.29, 0.717) is 19.1 Å². The Morgan fingerprint density at radius 3 is 2.24 bits per heavy atom. The molecule has 0 aliphatic rings. The number of hydrogen-bond acceptors (Lipinski definition) is 3. The Morgan fingerprint density at radius 1 is 1.04 bits per heavy atom. The molecule has 3 heteroatoms. The molecule has 0 saturated heterocycles. The predicted molar refractivity (Wildman–Crippen MR) is 106 cm³/mol. The highest BCUT2D eigenvalue weighted by Gasteiger charge is 2.12. The molecule has 0 aromatic heterocycles. The molecule has 142 valence electrons. The normalized spacial score (nSPS) is 11.4. The van der Waals surface area contributed by atoms with E-state index in [0.717, 1.165) is 38.1 Å². The summed E-state index contributed by atoms with van der Waals surface area (Å²) in [6.45, 7) is 9.54. The third kappa shape index (κ3) is 10.4. The van der Waals surface area contributed by atoms with Crippen LogP contribution in [0.1, 0.15) is 64.9 Å². The molecule has 0 aliphatic carbocycles. The van der Waals surface area contributed by atoms with Crippen LogP contribution in [-0.4, -0.2) is 43.0 Å². The van der Waals surface area contributed by atoms with Gasteiger partial charge < -0.3 is 4.74 Å². The number of nitrogens with zero attached hydrogens (tertiary/aromatic N) is 1. The Bertz CT molecular complexity index is 439. The first kappa shape index (κ1) is 21.9. The number of Topliss-reactive ketones (excluding diaryl/α,β-unsaturated/α-hetero) is 1. The van der Waals surface area contributed by atoms with Gasteiger partial charge in [0.25, 0.3) is 0 Å². The third-order valence-corrected chi connectivity index (χ3v) is 4.61. The lowest BCUT2D eigenvalue weighted by Gasteiger charge is -2.22. The molecule has 3 nitrogen and oxygen atoms in total. The molecule has 1 rings (SSSR count). The zero-order valence-corrected chi connectivity index (χ0v) is 16.5. The van der Waals surface area contributed by atoms with Gasteiger partial charge in [0.15, 0.2) is 5.78 Å². The van der Waals surface area contributed by atoms with Crippen LogP contribution in [0.3, 0.4) is 0 Å². The lowest BCUT2D eigenvalue weighted by atomic mass is 10.1. The van der Waals surface area contributed by atoms with Crippen molar-refractivity contribution in [3.8, 4) is 0 Å². The Balaban J connectivity index is 2.32. The highest BCUT2D eigenvalue weighted by atomic mass is 16.5. The van der Waals surface area contributed by atoms with Crippen LogP contribution >= 0.6 is 0 Å². The third-order valence-electron chi connectivity index (χ3n) is 4.61. The predicted octanol–water partition coefficient (Wildman–Crippen LogP) is 4.89. The molecule has 1 aromatic carbocycles. The van der Waals surface area contributed by atoms with Crippen LogP contribution in [0.4, 0.5) is 0 Å². The minimum absolute atomic E-state index is 0.279. The molecule has 0 atom stereocenters. The first-order chi connectivity index (χ1) is 12.2. The van der Waals surface area contributed by atoms with Gasteiger partial charge >= 0.3 is 0 Å². The summed E-state index contributed by atoms with van der Waals surface area (Å²) in [5.74, 6) is 0.279. The van der Waals surface area contributed by atoms with Gasteiger partial charge in [0.1, 0.15) is 0 Å². The summed E-state index contributed by atoms with van der Waals surface area (Å²) in [7, 11) is 0. The molecule has 0 fully saturated rings. The zero-order valence-electron chi connectivity index (χ0n) is 16.5. The molecule has 0 unspecified atom stereocenters. The molecule has 1 aromatic rings. The second-order valence-electron chi connectivity index (χ2n) is 6.85. The van der Waals surface area contributed by atoms with E-state index in [4.69, 9.17) is 4.74 Å². The molecule has 0 spiro atoms. The van der Waals surface area contributed by atoms with Gasteiger partial charge in [0.05, 0.1) is 19.3 Å². The van der Waals surface area contributed by atoms with E-state index in [1.807, 2.05) is 30.3 Å². The van der Waals surface area contributed by atoms with Gasteiger partial charge in [-0.1, -0.05) is 76.8 Å². The highest BCUT2D eigenvalue weighted by Crippen LogP contribution is 2.12. The summed E-state index contributed by atoms with van der Waals surface area (Å²) >= 11 is 0. The van der Waals surface area contributed by atoms with Gasteiger partial charge in [-0.15, -0.1) is 0 Å². The zero-order chi connectivity index (χ0) is 18.3. The first-order valence-electron chi connectivity index (χ1n) is 10.1. The molecule has 0 amide bonds. The number of unbranched alkanes of at least 4 members (excludes halogenated alkanes) is 2. The minimum Gasteiger partial charge on any atom is -0.377 e.